The van der Waals surface area contributed by atoms with Gasteiger partial charge in [0.05, 0.1) is 6.61 Å². The normalized spacial score (nSPS) is 16.0. The molecule has 0 bridgehead atoms. The minimum absolute atomic E-state index is 0.0404. The number of rotatable bonds is 7. The third-order valence-electron chi connectivity index (χ3n) is 2.39. The predicted molar refractivity (Wildman–Crippen MR) is 61.9 cm³/mol. The molecule has 9 heteroatoms. The van der Waals surface area contributed by atoms with E-state index in [9.17, 15) is 18.7 Å². The molecular weight excluding hydrogens is 264 g/mol. The number of hydrogen-bond donors (Lipinski definition) is 3. The first-order valence-corrected chi connectivity index (χ1v) is 5.44. The Balaban J connectivity index is 2.91. The molecule has 0 aliphatic carbocycles. The molecule has 19 heavy (non-hydrogen) atoms. The second-order valence-corrected chi connectivity index (χ2v) is 3.73. The van der Waals surface area contributed by atoms with Crippen LogP contribution in [0.5, 0.6) is 0 Å². The monoisotopic (exact) mass is 279 g/mol. The maximum Gasteiger partial charge on any atom is 0.351 e. The molecule has 0 aliphatic rings. The third kappa shape index (κ3) is 3.94. The lowest BCUT2D eigenvalue weighted by Gasteiger charge is -2.25. The molecule has 0 spiro atoms. The zero-order chi connectivity index (χ0) is 14.4. The summed E-state index contributed by atoms with van der Waals surface area (Å²) >= 11 is 0. The molecule has 0 amide bonds. The number of nitrogen functional groups attached to an aromatic ring is 1. The smallest absolute Gasteiger partial charge is 0.351 e. The zero-order valence-corrected chi connectivity index (χ0v) is 9.95. The quantitative estimate of drug-likeness (QED) is 0.590. The first-order valence-electron chi connectivity index (χ1n) is 5.44. The highest BCUT2D eigenvalue weighted by Crippen LogP contribution is 2.13. The standard InChI is InChI=1S/C10H15F2N3O4/c11-3-6(17)7(5-16)19-9(4-12)15-2-1-8(13)14-10(15)18/h1-2,6-7,9,16-17H,3-5H2,(H2,13,14,18)/t6-,7-,9-/m1/s1. The molecule has 0 fully saturated rings. The van der Waals surface area contributed by atoms with Crippen LogP contribution in [0.2, 0.25) is 0 Å². The van der Waals surface area contributed by atoms with E-state index < -0.39 is 44.1 Å². The summed E-state index contributed by atoms with van der Waals surface area (Å²) in [4.78, 5) is 14.9. The molecule has 1 heterocycles. The van der Waals surface area contributed by atoms with Crippen molar-refractivity contribution in [2.45, 2.75) is 18.4 Å². The summed E-state index contributed by atoms with van der Waals surface area (Å²) in [6.07, 6.45) is -3.24. The molecule has 0 aliphatic heterocycles. The van der Waals surface area contributed by atoms with Gasteiger partial charge in [0.2, 0.25) is 0 Å². The van der Waals surface area contributed by atoms with Crippen molar-refractivity contribution >= 4 is 5.82 Å². The van der Waals surface area contributed by atoms with Crippen LogP contribution in [0, 0.1) is 0 Å². The lowest BCUT2D eigenvalue weighted by Crippen LogP contribution is -2.39. The van der Waals surface area contributed by atoms with E-state index >= 15 is 0 Å². The number of halogens is 2. The summed E-state index contributed by atoms with van der Waals surface area (Å²) in [6, 6.07) is 1.26. The molecule has 0 unspecified atom stereocenters. The van der Waals surface area contributed by atoms with Crippen LogP contribution in [0.3, 0.4) is 0 Å². The topological polar surface area (TPSA) is 111 Å². The SMILES string of the molecule is Nc1ccn([C@@H](CF)O[C@H](CO)[C@H](O)CF)c(=O)n1. The van der Waals surface area contributed by atoms with Gasteiger partial charge in [0.1, 0.15) is 31.4 Å². The molecule has 7 nitrogen and oxygen atoms in total. The molecule has 1 aromatic heterocycles. The Kier molecular flexibility index (Phi) is 5.80. The van der Waals surface area contributed by atoms with Gasteiger partial charge in [-0.2, -0.15) is 4.98 Å². The largest absolute Gasteiger partial charge is 0.394 e. The minimum atomic E-state index is -1.61. The van der Waals surface area contributed by atoms with Crippen molar-refractivity contribution in [1.82, 2.24) is 9.55 Å². The number of aliphatic hydroxyl groups excluding tert-OH is 2. The average Bonchev–Trinajstić information content (AvgIpc) is 2.40. The van der Waals surface area contributed by atoms with Gasteiger partial charge >= 0.3 is 5.69 Å². The second kappa shape index (κ2) is 7.12. The van der Waals surface area contributed by atoms with E-state index in [4.69, 9.17) is 15.6 Å². The fourth-order valence-electron chi connectivity index (χ4n) is 1.38. The van der Waals surface area contributed by atoms with Crippen molar-refractivity contribution in [2.75, 3.05) is 25.7 Å². The number of hydrogen-bond acceptors (Lipinski definition) is 6. The predicted octanol–water partition coefficient (Wildman–Crippen LogP) is -0.999. The average molecular weight is 279 g/mol. The number of aromatic nitrogens is 2. The molecule has 0 saturated carbocycles. The van der Waals surface area contributed by atoms with Gasteiger partial charge < -0.3 is 20.7 Å². The summed E-state index contributed by atoms with van der Waals surface area (Å²) in [5, 5.41) is 18.2. The minimum Gasteiger partial charge on any atom is -0.394 e. The van der Waals surface area contributed by atoms with Gasteiger partial charge in [0.15, 0.2) is 6.23 Å². The van der Waals surface area contributed by atoms with E-state index in [1.54, 1.807) is 0 Å². The Morgan fingerprint density at radius 1 is 1.47 bits per heavy atom. The van der Waals surface area contributed by atoms with Crippen molar-refractivity contribution in [3.8, 4) is 0 Å². The molecular formula is C10H15F2N3O4. The summed E-state index contributed by atoms with van der Waals surface area (Å²) in [5.74, 6) is -0.0404. The van der Waals surface area contributed by atoms with E-state index in [1.807, 2.05) is 0 Å². The fourth-order valence-corrected chi connectivity index (χ4v) is 1.38. The van der Waals surface area contributed by atoms with Gasteiger partial charge in [-0.3, -0.25) is 4.57 Å². The van der Waals surface area contributed by atoms with E-state index in [1.165, 1.54) is 6.07 Å². The third-order valence-corrected chi connectivity index (χ3v) is 2.39. The van der Waals surface area contributed by atoms with Crippen LogP contribution < -0.4 is 11.4 Å². The number of alkyl halides is 2. The molecule has 3 atom stereocenters. The van der Waals surface area contributed by atoms with E-state index in [2.05, 4.69) is 4.98 Å². The molecule has 1 rings (SSSR count). The van der Waals surface area contributed by atoms with Gasteiger partial charge in [-0.05, 0) is 6.07 Å². The van der Waals surface area contributed by atoms with Gasteiger partial charge in [-0.15, -0.1) is 0 Å². The van der Waals surface area contributed by atoms with Crippen LogP contribution >= 0.6 is 0 Å². The van der Waals surface area contributed by atoms with E-state index in [-0.39, 0.29) is 5.82 Å². The van der Waals surface area contributed by atoms with Gasteiger partial charge in [-0.1, -0.05) is 0 Å². The number of aliphatic hydroxyl groups is 2. The maximum absolute atomic E-state index is 12.9. The van der Waals surface area contributed by atoms with E-state index in [0.29, 0.717) is 0 Å². The highest BCUT2D eigenvalue weighted by molar-refractivity contribution is 5.23. The van der Waals surface area contributed by atoms with Gasteiger partial charge in [-0.25, -0.2) is 13.6 Å². The Hall–Kier alpha value is -1.58. The lowest BCUT2D eigenvalue weighted by molar-refractivity contribution is -0.133. The van der Waals surface area contributed by atoms with Crippen molar-refractivity contribution in [3.63, 3.8) is 0 Å². The Bertz CT molecular complexity index is 457. The van der Waals surface area contributed by atoms with E-state index in [0.717, 1.165) is 10.8 Å². The van der Waals surface area contributed by atoms with Crippen LogP contribution in [0.1, 0.15) is 6.23 Å². The van der Waals surface area contributed by atoms with Crippen molar-refractivity contribution in [2.24, 2.45) is 0 Å². The number of nitrogens with two attached hydrogens (primary N) is 1. The number of ether oxygens (including phenoxy) is 1. The van der Waals surface area contributed by atoms with Crippen LogP contribution in [-0.2, 0) is 4.74 Å². The first-order chi connectivity index (χ1) is 9.03. The van der Waals surface area contributed by atoms with Gasteiger partial charge in [0.25, 0.3) is 0 Å². The number of anilines is 1. The Morgan fingerprint density at radius 3 is 2.63 bits per heavy atom. The molecule has 0 saturated heterocycles. The van der Waals surface area contributed by atoms with Crippen LogP contribution in [0.25, 0.3) is 0 Å². The Labute approximate surface area is 107 Å². The van der Waals surface area contributed by atoms with Crippen LogP contribution in [0.15, 0.2) is 17.1 Å². The summed E-state index contributed by atoms with van der Waals surface area (Å²) in [5.41, 5.74) is 4.42. The molecule has 0 radical (unpaired) electrons. The van der Waals surface area contributed by atoms with Crippen molar-refractivity contribution in [1.29, 1.82) is 0 Å². The van der Waals surface area contributed by atoms with Crippen LogP contribution in [0.4, 0.5) is 14.6 Å². The van der Waals surface area contributed by atoms with Crippen LogP contribution in [-0.4, -0.2) is 51.9 Å². The summed E-state index contributed by atoms with van der Waals surface area (Å²) < 4.78 is 30.9. The van der Waals surface area contributed by atoms with Gasteiger partial charge in [0, 0.05) is 6.20 Å². The van der Waals surface area contributed by atoms with Crippen molar-refractivity contribution in [3.05, 3.63) is 22.7 Å². The highest BCUT2D eigenvalue weighted by Gasteiger charge is 2.25. The second-order valence-electron chi connectivity index (χ2n) is 3.73. The fraction of sp³-hybridized carbons (Fsp3) is 0.600. The maximum atomic E-state index is 12.9. The Morgan fingerprint density at radius 2 is 2.16 bits per heavy atom. The molecule has 0 aromatic carbocycles. The zero-order valence-electron chi connectivity index (χ0n) is 9.95. The number of nitrogens with zero attached hydrogens (tertiary/aromatic N) is 2. The molecule has 108 valence electrons. The first kappa shape index (κ1) is 15.5. The van der Waals surface area contributed by atoms with Crippen molar-refractivity contribution < 1.29 is 23.7 Å². The molecule has 4 N–H and O–H groups in total. The molecule has 1 aromatic rings. The highest BCUT2D eigenvalue weighted by atomic mass is 19.1. The lowest BCUT2D eigenvalue weighted by atomic mass is 10.2. The summed E-state index contributed by atoms with van der Waals surface area (Å²) in [7, 11) is 0. The summed E-state index contributed by atoms with van der Waals surface area (Å²) in [6.45, 7) is -3.02.